The summed E-state index contributed by atoms with van der Waals surface area (Å²) in [6.45, 7) is 2.50. The summed E-state index contributed by atoms with van der Waals surface area (Å²) >= 11 is 7.55. The van der Waals surface area contributed by atoms with E-state index in [1.54, 1.807) is 7.11 Å². The van der Waals surface area contributed by atoms with Gasteiger partial charge in [-0.1, -0.05) is 61.0 Å². The van der Waals surface area contributed by atoms with Gasteiger partial charge in [-0.05, 0) is 65.2 Å². The Morgan fingerprint density at radius 1 is 1.15 bits per heavy atom. The third kappa shape index (κ3) is 6.03. The SMILES string of the molecule is CCc1ccc(N=C2NC(=O)/C(=C/C3=C[C@H](OC)[C@@H](OCc4ccccc4Cl)C=C3)S2)cc1. The number of ether oxygens (including phenoxy) is 2. The van der Waals surface area contributed by atoms with Crippen molar-refractivity contribution in [2.75, 3.05) is 7.11 Å². The van der Waals surface area contributed by atoms with E-state index in [1.807, 2.05) is 72.8 Å². The normalized spacial score (nSPS) is 22.6. The number of nitrogens with zero attached hydrogens (tertiary/aromatic N) is 1. The van der Waals surface area contributed by atoms with Crippen LogP contribution in [0, 0.1) is 0 Å². The number of amidine groups is 1. The average molecular weight is 481 g/mol. The molecule has 1 saturated heterocycles. The number of carbonyl (C=O) groups is 1. The summed E-state index contributed by atoms with van der Waals surface area (Å²) in [5, 5.41) is 4.08. The number of rotatable bonds is 7. The van der Waals surface area contributed by atoms with Crippen LogP contribution in [0.4, 0.5) is 5.69 Å². The number of allylic oxidation sites excluding steroid dienone is 3. The van der Waals surface area contributed by atoms with E-state index < -0.39 is 0 Å². The summed E-state index contributed by atoms with van der Waals surface area (Å²) in [6.07, 6.45) is 8.13. The van der Waals surface area contributed by atoms with Crippen LogP contribution in [0.2, 0.25) is 5.02 Å². The zero-order valence-electron chi connectivity index (χ0n) is 18.5. The summed E-state index contributed by atoms with van der Waals surface area (Å²) in [5.74, 6) is -0.163. The third-order valence-corrected chi connectivity index (χ3v) is 6.62. The Kier molecular flexibility index (Phi) is 7.83. The third-order valence-electron chi connectivity index (χ3n) is 5.34. The van der Waals surface area contributed by atoms with Crippen LogP contribution in [0.3, 0.4) is 0 Å². The number of aliphatic imine (C=N–C) groups is 1. The second-order valence-electron chi connectivity index (χ2n) is 7.59. The van der Waals surface area contributed by atoms with Gasteiger partial charge >= 0.3 is 0 Å². The topological polar surface area (TPSA) is 59.9 Å². The summed E-state index contributed by atoms with van der Waals surface area (Å²) in [4.78, 5) is 17.6. The van der Waals surface area contributed by atoms with Gasteiger partial charge in [0.2, 0.25) is 0 Å². The van der Waals surface area contributed by atoms with Crippen molar-refractivity contribution < 1.29 is 14.3 Å². The molecule has 1 aliphatic carbocycles. The molecular weight excluding hydrogens is 456 g/mol. The summed E-state index contributed by atoms with van der Waals surface area (Å²) in [5.41, 5.74) is 3.87. The van der Waals surface area contributed by atoms with Gasteiger partial charge in [0.05, 0.1) is 17.2 Å². The quantitative estimate of drug-likeness (QED) is 0.514. The van der Waals surface area contributed by atoms with Gasteiger partial charge < -0.3 is 14.8 Å². The number of carbonyl (C=O) groups excluding carboxylic acids is 1. The van der Waals surface area contributed by atoms with Gasteiger partial charge in [-0.3, -0.25) is 4.79 Å². The number of hydrogen-bond donors (Lipinski definition) is 1. The van der Waals surface area contributed by atoms with Gasteiger partial charge in [0, 0.05) is 12.1 Å². The number of nitrogens with one attached hydrogen (secondary N) is 1. The van der Waals surface area contributed by atoms with Crippen LogP contribution < -0.4 is 5.32 Å². The molecule has 2 atom stereocenters. The highest BCUT2D eigenvalue weighted by atomic mass is 35.5. The molecule has 0 spiro atoms. The predicted molar refractivity (Wildman–Crippen MR) is 135 cm³/mol. The Morgan fingerprint density at radius 3 is 2.67 bits per heavy atom. The highest BCUT2D eigenvalue weighted by molar-refractivity contribution is 8.18. The molecule has 1 amide bonds. The van der Waals surface area contributed by atoms with Crippen LogP contribution in [0.15, 0.2) is 88.3 Å². The van der Waals surface area contributed by atoms with Crippen LogP contribution in [0.5, 0.6) is 0 Å². The number of halogens is 1. The van der Waals surface area contributed by atoms with E-state index in [4.69, 9.17) is 21.1 Å². The molecule has 2 aromatic carbocycles. The molecule has 1 aliphatic heterocycles. The van der Waals surface area contributed by atoms with Crippen LogP contribution in [0.1, 0.15) is 18.1 Å². The zero-order chi connectivity index (χ0) is 23.2. The lowest BCUT2D eigenvalue weighted by Gasteiger charge is -2.25. The number of thioether (sulfide) groups is 1. The van der Waals surface area contributed by atoms with Gasteiger partial charge in [-0.2, -0.15) is 0 Å². The van der Waals surface area contributed by atoms with E-state index in [1.165, 1.54) is 17.3 Å². The Bertz CT molecular complexity index is 1140. The first kappa shape index (κ1) is 23.5. The molecule has 5 nitrogen and oxygen atoms in total. The van der Waals surface area contributed by atoms with Crippen LogP contribution in [-0.4, -0.2) is 30.4 Å². The highest BCUT2D eigenvalue weighted by Crippen LogP contribution is 2.29. The molecular formula is C26H25ClN2O3S. The van der Waals surface area contributed by atoms with Gasteiger partial charge in [0.15, 0.2) is 5.17 Å². The van der Waals surface area contributed by atoms with E-state index in [-0.39, 0.29) is 18.1 Å². The molecule has 1 fully saturated rings. The number of hydrogen-bond acceptors (Lipinski definition) is 5. The molecule has 2 aromatic rings. The molecule has 0 radical (unpaired) electrons. The minimum absolute atomic E-state index is 0.163. The predicted octanol–water partition coefficient (Wildman–Crippen LogP) is 5.73. The van der Waals surface area contributed by atoms with E-state index >= 15 is 0 Å². The van der Waals surface area contributed by atoms with Crippen molar-refractivity contribution in [1.82, 2.24) is 5.32 Å². The molecule has 4 rings (SSSR count). The van der Waals surface area contributed by atoms with E-state index in [0.717, 1.165) is 23.2 Å². The van der Waals surface area contributed by atoms with Crippen molar-refractivity contribution >= 4 is 40.1 Å². The van der Waals surface area contributed by atoms with Gasteiger partial charge in [0.1, 0.15) is 12.2 Å². The van der Waals surface area contributed by atoms with Crippen molar-refractivity contribution in [2.45, 2.75) is 32.2 Å². The Balaban J connectivity index is 1.42. The Morgan fingerprint density at radius 2 is 1.94 bits per heavy atom. The lowest BCUT2D eigenvalue weighted by molar-refractivity contribution is -0.115. The number of aryl methyl sites for hydroxylation is 1. The van der Waals surface area contributed by atoms with Crippen LogP contribution >= 0.6 is 23.4 Å². The number of methoxy groups -OCH3 is 1. The Labute approximate surface area is 203 Å². The molecule has 1 N–H and O–H groups in total. The van der Waals surface area contributed by atoms with E-state index in [0.29, 0.717) is 21.7 Å². The Hall–Kier alpha value is -2.64. The lowest BCUT2D eigenvalue weighted by atomic mass is 10.0. The first-order valence-corrected chi connectivity index (χ1v) is 11.9. The first-order valence-electron chi connectivity index (χ1n) is 10.7. The number of amides is 1. The average Bonchev–Trinajstić information content (AvgIpc) is 3.17. The van der Waals surface area contributed by atoms with E-state index in [9.17, 15) is 4.79 Å². The van der Waals surface area contributed by atoms with Crippen molar-refractivity contribution in [3.63, 3.8) is 0 Å². The molecule has 0 unspecified atom stereocenters. The fraction of sp³-hybridized carbons (Fsp3) is 0.231. The smallest absolute Gasteiger partial charge is 0.264 e. The standard InChI is InChI=1S/C26H25ClN2O3S/c1-3-17-8-11-20(12-9-17)28-26-29-25(30)24(33-26)15-18-10-13-22(23(14-18)31-2)32-16-19-6-4-5-7-21(19)27/h4-15,22-23H,3,16H2,1-2H3,(H,28,29,30)/b24-15-/t22-,23-/m0/s1. The molecule has 2 aliphatic rings. The largest absolute Gasteiger partial charge is 0.374 e. The fourth-order valence-electron chi connectivity index (χ4n) is 3.46. The maximum Gasteiger partial charge on any atom is 0.264 e. The fourth-order valence-corrected chi connectivity index (χ4v) is 4.49. The van der Waals surface area contributed by atoms with Gasteiger partial charge in [0.25, 0.3) is 5.91 Å². The van der Waals surface area contributed by atoms with Crippen molar-refractivity contribution in [1.29, 1.82) is 0 Å². The second kappa shape index (κ2) is 11.0. The van der Waals surface area contributed by atoms with Crippen molar-refractivity contribution in [3.8, 4) is 0 Å². The summed E-state index contributed by atoms with van der Waals surface area (Å²) in [7, 11) is 1.64. The number of benzene rings is 2. The maximum atomic E-state index is 12.5. The molecule has 1 heterocycles. The molecule has 170 valence electrons. The van der Waals surface area contributed by atoms with Gasteiger partial charge in [-0.15, -0.1) is 0 Å². The van der Waals surface area contributed by atoms with Gasteiger partial charge in [-0.25, -0.2) is 4.99 Å². The van der Waals surface area contributed by atoms with E-state index in [2.05, 4.69) is 17.2 Å². The lowest BCUT2D eigenvalue weighted by Crippen LogP contribution is -2.29. The minimum Gasteiger partial charge on any atom is -0.374 e. The van der Waals surface area contributed by atoms with Crippen LogP contribution in [0.25, 0.3) is 0 Å². The summed E-state index contributed by atoms with van der Waals surface area (Å²) in [6, 6.07) is 15.6. The van der Waals surface area contributed by atoms with Crippen molar-refractivity contribution in [2.24, 2.45) is 4.99 Å². The molecule has 0 saturated carbocycles. The molecule has 33 heavy (non-hydrogen) atoms. The van der Waals surface area contributed by atoms with Crippen molar-refractivity contribution in [3.05, 3.63) is 99.5 Å². The first-order chi connectivity index (χ1) is 16.1. The molecule has 0 bridgehead atoms. The minimum atomic E-state index is -0.274. The molecule has 7 heteroatoms. The molecule has 0 aromatic heterocycles. The monoisotopic (exact) mass is 480 g/mol. The maximum absolute atomic E-state index is 12.5. The van der Waals surface area contributed by atoms with Crippen LogP contribution in [-0.2, 0) is 27.3 Å². The highest BCUT2D eigenvalue weighted by Gasteiger charge is 2.26. The second-order valence-corrected chi connectivity index (χ2v) is 9.03. The summed E-state index contributed by atoms with van der Waals surface area (Å²) < 4.78 is 11.6. The zero-order valence-corrected chi connectivity index (χ0v) is 20.0.